The van der Waals surface area contributed by atoms with Crippen molar-refractivity contribution < 1.29 is 14.3 Å². The van der Waals surface area contributed by atoms with Gasteiger partial charge in [0.25, 0.3) is 0 Å². The molecular weight excluding hydrogens is 490 g/mol. The van der Waals surface area contributed by atoms with Gasteiger partial charge in [-0.1, -0.05) is 54.1 Å². The zero-order chi connectivity index (χ0) is 26.7. The molecule has 4 rings (SSSR count). The molecule has 2 heterocycles. The van der Waals surface area contributed by atoms with Crippen LogP contribution < -0.4 is 4.74 Å². The number of halogens is 1. The van der Waals surface area contributed by atoms with E-state index in [9.17, 15) is 4.79 Å². The maximum absolute atomic E-state index is 12.5. The molecule has 4 aromatic rings. The van der Waals surface area contributed by atoms with Crippen LogP contribution in [0.15, 0.2) is 54.6 Å². The Balaban J connectivity index is 1.65. The highest BCUT2D eigenvalue weighted by atomic mass is 35.5. The zero-order valence-corrected chi connectivity index (χ0v) is 22.8. The van der Waals surface area contributed by atoms with Crippen LogP contribution in [-0.2, 0) is 4.74 Å². The Morgan fingerprint density at radius 2 is 1.73 bits per heavy atom. The number of para-hydroxylation sites is 2. The van der Waals surface area contributed by atoms with Crippen LogP contribution in [-0.4, -0.2) is 50.2 Å². The van der Waals surface area contributed by atoms with Gasteiger partial charge in [0, 0.05) is 25.4 Å². The van der Waals surface area contributed by atoms with Crippen LogP contribution in [0.5, 0.6) is 5.75 Å². The van der Waals surface area contributed by atoms with Crippen LogP contribution >= 0.6 is 11.6 Å². The summed E-state index contributed by atoms with van der Waals surface area (Å²) in [7, 11) is 1.73. The zero-order valence-electron chi connectivity index (χ0n) is 22.0. The first-order valence-corrected chi connectivity index (χ1v) is 12.6. The van der Waals surface area contributed by atoms with Crippen LogP contribution in [0, 0.1) is 13.8 Å². The van der Waals surface area contributed by atoms with E-state index in [1.807, 2.05) is 93.9 Å². The largest absolute Gasteiger partial charge is 0.483 e. The second kappa shape index (κ2) is 10.8. The van der Waals surface area contributed by atoms with Gasteiger partial charge in [-0.05, 0) is 52.3 Å². The van der Waals surface area contributed by atoms with Crippen LogP contribution in [0.25, 0.3) is 16.6 Å². The number of aryl methyl sites for hydroxylation is 2. The van der Waals surface area contributed by atoms with Gasteiger partial charge in [-0.3, -0.25) is 0 Å². The van der Waals surface area contributed by atoms with Crippen molar-refractivity contribution in [3.8, 4) is 11.4 Å². The highest BCUT2D eigenvalue weighted by Gasteiger charge is 2.23. The summed E-state index contributed by atoms with van der Waals surface area (Å²) < 4.78 is 13.9. The molecule has 8 nitrogen and oxygen atoms in total. The average molecular weight is 522 g/mol. The van der Waals surface area contributed by atoms with E-state index in [-0.39, 0.29) is 17.4 Å². The van der Waals surface area contributed by atoms with Gasteiger partial charge in [-0.15, -0.1) is 5.10 Å². The smallest absolute Gasteiger partial charge is 0.410 e. The predicted molar refractivity (Wildman–Crippen MR) is 144 cm³/mol. The number of fused-ring (bicyclic) bond motifs is 1. The fourth-order valence-corrected chi connectivity index (χ4v) is 4.29. The molecule has 2 aromatic carbocycles. The first-order chi connectivity index (χ1) is 17.5. The van der Waals surface area contributed by atoms with E-state index in [2.05, 4.69) is 10.2 Å². The maximum Gasteiger partial charge on any atom is 0.410 e. The second-order valence-electron chi connectivity index (χ2n) is 9.97. The first-order valence-electron chi connectivity index (χ1n) is 12.2. The number of ether oxygens (including phenoxy) is 2. The molecule has 0 aliphatic carbocycles. The molecule has 9 heteroatoms. The predicted octanol–water partition coefficient (Wildman–Crippen LogP) is 6.46. The van der Waals surface area contributed by atoms with E-state index in [1.165, 1.54) is 0 Å². The van der Waals surface area contributed by atoms with Gasteiger partial charge in [-0.25, -0.2) is 9.48 Å². The minimum Gasteiger partial charge on any atom is -0.483 e. The van der Waals surface area contributed by atoms with E-state index in [1.54, 1.807) is 11.9 Å². The fourth-order valence-electron chi connectivity index (χ4n) is 4.12. The Hall–Kier alpha value is -3.65. The van der Waals surface area contributed by atoms with Gasteiger partial charge in [0.1, 0.15) is 28.7 Å². The van der Waals surface area contributed by atoms with Crippen molar-refractivity contribution in [3.63, 3.8) is 0 Å². The standard InChI is InChI=1S/C28H32ClN5O3/c1-18-24-19(2)34(32-25(24)26(29)31-30-18)21-14-10-11-15-23(21)36-22(20-12-8-7-9-13-20)16-17-33(6)27(35)37-28(3,4)5/h7-15,22H,16-17H2,1-6H3. The normalized spacial score (nSPS) is 12.4. The molecule has 0 aliphatic heterocycles. The molecule has 0 N–H and O–H groups in total. The number of hydrogen-bond donors (Lipinski definition) is 0. The number of aromatic nitrogens is 4. The van der Waals surface area contributed by atoms with Crippen LogP contribution in [0.4, 0.5) is 4.79 Å². The molecule has 194 valence electrons. The minimum absolute atomic E-state index is 0.258. The van der Waals surface area contributed by atoms with Crippen LogP contribution in [0.1, 0.15) is 50.2 Å². The van der Waals surface area contributed by atoms with E-state index in [4.69, 9.17) is 26.2 Å². The number of carbonyl (C=O) groups is 1. The lowest BCUT2D eigenvalue weighted by molar-refractivity contribution is 0.0278. The third kappa shape index (κ3) is 6.02. The number of hydrogen-bond acceptors (Lipinski definition) is 6. The highest BCUT2D eigenvalue weighted by molar-refractivity contribution is 6.33. The molecule has 0 bridgehead atoms. The summed E-state index contributed by atoms with van der Waals surface area (Å²) in [5.41, 5.74) is 3.46. The summed E-state index contributed by atoms with van der Waals surface area (Å²) in [5.74, 6) is 0.655. The molecule has 0 radical (unpaired) electrons. The van der Waals surface area contributed by atoms with Crippen molar-refractivity contribution in [1.29, 1.82) is 0 Å². The van der Waals surface area contributed by atoms with Gasteiger partial charge in [0.05, 0.1) is 11.4 Å². The quantitative estimate of drug-likeness (QED) is 0.277. The van der Waals surface area contributed by atoms with Crippen molar-refractivity contribution in [1.82, 2.24) is 24.9 Å². The lowest BCUT2D eigenvalue weighted by Crippen LogP contribution is -2.35. The molecule has 0 aliphatic rings. The molecule has 1 amide bonds. The van der Waals surface area contributed by atoms with Crippen LogP contribution in [0.2, 0.25) is 5.15 Å². The van der Waals surface area contributed by atoms with Gasteiger partial charge in [0.15, 0.2) is 5.15 Å². The van der Waals surface area contributed by atoms with Crippen molar-refractivity contribution in [3.05, 3.63) is 76.7 Å². The van der Waals surface area contributed by atoms with Gasteiger partial charge >= 0.3 is 6.09 Å². The molecule has 2 aromatic heterocycles. The van der Waals surface area contributed by atoms with Gasteiger partial charge in [0.2, 0.25) is 0 Å². The Morgan fingerprint density at radius 3 is 2.41 bits per heavy atom. The molecule has 0 saturated heterocycles. The van der Waals surface area contributed by atoms with Crippen LogP contribution in [0.3, 0.4) is 0 Å². The Morgan fingerprint density at radius 1 is 1.05 bits per heavy atom. The van der Waals surface area contributed by atoms with Crippen molar-refractivity contribution in [2.45, 2.75) is 52.7 Å². The molecule has 0 fully saturated rings. The minimum atomic E-state index is -0.558. The maximum atomic E-state index is 12.5. The van der Waals surface area contributed by atoms with Gasteiger partial charge < -0.3 is 14.4 Å². The summed E-state index contributed by atoms with van der Waals surface area (Å²) in [5, 5.41) is 14.0. The second-order valence-corrected chi connectivity index (χ2v) is 10.3. The Kier molecular flexibility index (Phi) is 7.68. The third-order valence-electron chi connectivity index (χ3n) is 5.93. The summed E-state index contributed by atoms with van der Waals surface area (Å²) in [6, 6.07) is 17.7. The van der Waals surface area contributed by atoms with E-state index in [0.29, 0.717) is 24.2 Å². The summed E-state index contributed by atoms with van der Waals surface area (Å²) in [6.07, 6.45) is -0.119. The summed E-state index contributed by atoms with van der Waals surface area (Å²) >= 11 is 6.32. The number of benzene rings is 2. The Labute approximate surface area is 222 Å². The van der Waals surface area contributed by atoms with Crippen molar-refractivity contribution in [2.75, 3.05) is 13.6 Å². The first kappa shape index (κ1) is 26.4. The topological polar surface area (TPSA) is 82.4 Å². The Bertz CT molecular complexity index is 1400. The number of carbonyl (C=O) groups excluding carboxylic acids is 1. The molecule has 0 spiro atoms. The molecule has 1 atom stereocenters. The summed E-state index contributed by atoms with van der Waals surface area (Å²) in [4.78, 5) is 14.1. The van der Waals surface area contributed by atoms with Crippen molar-refractivity contribution in [2.24, 2.45) is 0 Å². The molecule has 0 saturated carbocycles. The molecule has 37 heavy (non-hydrogen) atoms. The lowest BCUT2D eigenvalue weighted by atomic mass is 10.1. The molecule has 1 unspecified atom stereocenters. The SMILES string of the molecule is Cc1nnc(Cl)c2nn(-c3ccccc3OC(CCN(C)C(=O)OC(C)(C)C)c3ccccc3)c(C)c12. The highest BCUT2D eigenvalue weighted by Crippen LogP contribution is 2.33. The molecular formula is C28H32ClN5O3. The monoisotopic (exact) mass is 521 g/mol. The number of rotatable bonds is 7. The third-order valence-corrected chi connectivity index (χ3v) is 6.18. The lowest BCUT2D eigenvalue weighted by Gasteiger charge is -2.27. The summed E-state index contributed by atoms with van der Waals surface area (Å²) in [6.45, 7) is 9.88. The van der Waals surface area contributed by atoms with Crippen molar-refractivity contribution >= 4 is 28.6 Å². The number of nitrogens with zero attached hydrogens (tertiary/aromatic N) is 5. The number of amides is 1. The van der Waals surface area contributed by atoms with E-state index < -0.39 is 5.60 Å². The fraction of sp³-hybridized carbons (Fsp3) is 0.357. The van der Waals surface area contributed by atoms with E-state index in [0.717, 1.165) is 28.0 Å². The van der Waals surface area contributed by atoms with Gasteiger partial charge in [-0.2, -0.15) is 10.2 Å². The average Bonchev–Trinajstić information content (AvgIpc) is 3.21. The van der Waals surface area contributed by atoms with E-state index >= 15 is 0 Å².